The molecule has 0 spiro atoms. The number of rotatable bonds is 3. The summed E-state index contributed by atoms with van der Waals surface area (Å²) >= 11 is 1.98. The van der Waals surface area contributed by atoms with Crippen molar-refractivity contribution < 1.29 is 9.59 Å². The number of amides is 1. The van der Waals surface area contributed by atoms with Crippen molar-refractivity contribution in [2.45, 2.75) is 43.9 Å². The molecular weight excluding hydrogens is 210 g/mol. The summed E-state index contributed by atoms with van der Waals surface area (Å²) in [6, 6.07) is 0.341. The molecule has 1 saturated carbocycles. The molecule has 2 rings (SSSR count). The van der Waals surface area contributed by atoms with Crippen LogP contribution in [0.2, 0.25) is 0 Å². The Labute approximate surface area is 94.6 Å². The highest BCUT2D eigenvalue weighted by molar-refractivity contribution is 7.99. The van der Waals surface area contributed by atoms with E-state index in [1.54, 1.807) is 4.90 Å². The lowest BCUT2D eigenvalue weighted by atomic mass is 10.2. The quantitative estimate of drug-likeness (QED) is 0.685. The standard InChI is InChI=1S/C11H17NO2S/c1-2-15-10-4-3-8(5-10)12-7-9(13)6-11(12)14/h8,10H,2-7H2,1H3. The molecule has 0 aromatic heterocycles. The van der Waals surface area contributed by atoms with E-state index >= 15 is 0 Å². The van der Waals surface area contributed by atoms with Gasteiger partial charge in [-0.15, -0.1) is 0 Å². The van der Waals surface area contributed by atoms with Gasteiger partial charge >= 0.3 is 0 Å². The zero-order chi connectivity index (χ0) is 10.8. The highest BCUT2D eigenvalue weighted by Crippen LogP contribution is 2.33. The van der Waals surface area contributed by atoms with Crippen molar-refractivity contribution in [2.75, 3.05) is 12.3 Å². The number of likely N-dealkylation sites (tertiary alicyclic amines) is 1. The van der Waals surface area contributed by atoms with E-state index in [2.05, 4.69) is 6.92 Å². The van der Waals surface area contributed by atoms with Crippen molar-refractivity contribution >= 4 is 23.5 Å². The molecule has 0 aromatic carbocycles. The molecule has 15 heavy (non-hydrogen) atoms. The van der Waals surface area contributed by atoms with Gasteiger partial charge in [0.25, 0.3) is 0 Å². The van der Waals surface area contributed by atoms with Crippen LogP contribution in [0.3, 0.4) is 0 Å². The molecule has 1 amide bonds. The highest BCUT2D eigenvalue weighted by atomic mass is 32.2. The number of thioether (sulfide) groups is 1. The van der Waals surface area contributed by atoms with Crippen molar-refractivity contribution in [3.8, 4) is 0 Å². The number of carbonyl (C=O) groups excluding carboxylic acids is 2. The van der Waals surface area contributed by atoms with Crippen LogP contribution in [-0.4, -0.2) is 40.2 Å². The van der Waals surface area contributed by atoms with Crippen molar-refractivity contribution in [1.82, 2.24) is 4.90 Å². The Balaban J connectivity index is 1.90. The fourth-order valence-electron chi connectivity index (χ4n) is 2.52. The zero-order valence-corrected chi connectivity index (χ0v) is 9.89. The lowest BCUT2D eigenvalue weighted by Crippen LogP contribution is -2.35. The summed E-state index contributed by atoms with van der Waals surface area (Å²) in [5, 5.41) is 0.698. The Kier molecular flexibility index (Phi) is 3.34. The molecule has 3 nitrogen and oxygen atoms in total. The van der Waals surface area contributed by atoms with Gasteiger partial charge in [0.2, 0.25) is 5.91 Å². The second kappa shape index (κ2) is 4.56. The fourth-order valence-corrected chi connectivity index (χ4v) is 3.66. The van der Waals surface area contributed by atoms with Crippen molar-refractivity contribution in [3.05, 3.63) is 0 Å². The van der Waals surface area contributed by atoms with Crippen LogP contribution in [0.5, 0.6) is 0 Å². The van der Waals surface area contributed by atoms with E-state index in [4.69, 9.17) is 0 Å². The smallest absolute Gasteiger partial charge is 0.230 e. The summed E-state index contributed by atoms with van der Waals surface area (Å²) in [5.41, 5.74) is 0. The summed E-state index contributed by atoms with van der Waals surface area (Å²) in [7, 11) is 0. The van der Waals surface area contributed by atoms with E-state index < -0.39 is 0 Å². The first-order valence-corrected chi connectivity index (χ1v) is 6.68. The summed E-state index contributed by atoms with van der Waals surface area (Å²) in [4.78, 5) is 24.5. The Bertz CT molecular complexity index is 280. The molecule has 0 aromatic rings. The highest BCUT2D eigenvalue weighted by Gasteiger charge is 2.36. The van der Waals surface area contributed by atoms with Crippen LogP contribution >= 0.6 is 11.8 Å². The largest absolute Gasteiger partial charge is 0.332 e. The van der Waals surface area contributed by atoms with Gasteiger partial charge in [0, 0.05) is 11.3 Å². The minimum Gasteiger partial charge on any atom is -0.332 e. The normalized spacial score (nSPS) is 31.7. The maximum Gasteiger partial charge on any atom is 0.230 e. The van der Waals surface area contributed by atoms with E-state index in [1.165, 1.54) is 6.42 Å². The summed E-state index contributed by atoms with van der Waals surface area (Å²) in [6.07, 6.45) is 3.50. The Morgan fingerprint density at radius 3 is 2.80 bits per heavy atom. The molecule has 0 bridgehead atoms. The van der Waals surface area contributed by atoms with Gasteiger partial charge in [-0.05, 0) is 25.0 Å². The van der Waals surface area contributed by atoms with Crippen LogP contribution in [0.15, 0.2) is 0 Å². The van der Waals surface area contributed by atoms with Crippen LogP contribution in [0.1, 0.15) is 32.6 Å². The van der Waals surface area contributed by atoms with Crippen molar-refractivity contribution in [2.24, 2.45) is 0 Å². The molecule has 4 heteroatoms. The van der Waals surface area contributed by atoms with Crippen molar-refractivity contribution in [1.29, 1.82) is 0 Å². The fraction of sp³-hybridized carbons (Fsp3) is 0.818. The molecule has 0 N–H and O–H groups in total. The predicted molar refractivity (Wildman–Crippen MR) is 60.9 cm³/mol. The van der Waals surface area contributed by atoms with E-state index in [1.807, 2.05) is 11.8 Å². The van der Waals surface area contributed by atoms with Crippen LogP contribution in [0, 0.1) is 0 Å². The van der Waals surface area contributed by atoms with Crippen LogP contribution in [-0.2, 0) is 9.59 Å². The number of nitrogens with zero attached hydrogens (tertiary/aromatic N) is 1. The number of hydrogen-bond donors (Lipinski definition) is 0. The number of carbonyl (C=O) groups is 2. The Hall–Kier alpha value is -0.510. The minimum atomic E-state index is 0.0483. The molecule has 1 heterocycles. The Morgan fingerprint density at radius 2 is 2.20 bits per heavy atom. The molecule has 1 saturated heterocycles. The molecule has 2 atom stereocenters. The van der Waals surface area contributed by atoms with Crippen LogP contribution in [0.25, 0.3) is 0 Å². The van der Waals surface area contributed by atoms with E-state index in [0.29, 0.717) is 17.8 Å². The van der Waals surface area contributed by atoms with Gasteiger partial charge in [-0.1, -0.05) is 6.92 Å². The van der Waals surface area contributed by atoms with Gasteiger partial charge in [0.05, 0.1) is 13.0 Å². The lowest BCUT2D eigenvalue weighted by molar-refractivity contribution is -0.129. The Morgan fingerprint density at radius 1 is 1.40 bits per heavy atom. The minimum absolute atomic E-state index is 0.0483. The van der Waals surface area contributed by atoms with Gasteiger partial charge in [0.1, 0.15) is 0 Å². The van der Waals surface area contributed by atoms with Gasteiger partial charge in [-0.25, -0.2) is 0 Å². The average Bonchev–Trinajstić information content (AvgIpc) is 2.73. The van der Waals surface area contributed by atoms with E-state index in [9.17, 15) is 9.59 Å². The van der Waals surface area contributed by atoms with Gasteiger partial charge in [-0.3, -0.25) is 9.59 Å². The van der Waals surface area contributed by atoms with E-state index in [-0.39, 0.29) is 18.1 Å². The summed E-state index contributed by atoms with van der Waals surface area (Å²) in [6.45, 7) is 2.54. The van der Waals surface area contributed by atoms with Crippen LogP contribution < -0.4 is 0 Å². The van der Waals surface area contributed by atoms with Crippen molar-refractivity contribution in [3.63, 3.8) is 0 Å². The first-order valence-electron chi connectivity index (χ1n) is 5.63. The maximum atomic E-state index is 11.5. The molecular formula is C11H17NO2S. The maximum absolute atomic E-state index is 11.5. The zero-order valence-electron chi connectivity index (χ0n) is 9.07. The molecule has 1 aliphatic heterocycles. The summed E-state index contributed by atoms with van der Waals surface area (Å²) < 4.78 is 0. The third kappa shape index (κ3) is 2.36. The molecule has 2 unspecified atom stereocenters. The molecule has 2 fully saturated rings. The molecule has 0 radical (unpaired) electrons. The van der Waals surface area contributed by atoms with Gasteiger partial charge in [0.15, 0.2) is 5.78 Å². The second-order valence-corrected chi connectivity index (χ2v) is 5.86. The third-order valence-corrected chi connectivity index (χ3v) is 4.45. The monoisotopic (exact) mass is 227 g/mol. The first kappa shape index (κ1) is 11.0. The SMILES string of the molecule is CCSC1CCC(N2CC(=O)CC2=O)C1. The number of ketones is 1. The van der Waals surface area contributed by atoms with Crippen LogP contribution in [0.4, 0.5) is 0 Å². The third-order valence-electron chi connectivity index (χ3n) is 3.22. The average molecular weight is 227 g/mol. The summed E-state index contributed by atoms with van der Waals surface area (Å²) in [5.74, 6) is 1.28. The first-order chi connectivity index (χ1) is 7.20. The van der Waals surface area contributed by atoms with E-state index in [0.717, 1.165) is 18.6 Å². The molecule has 2 aliphatic rings. The van der Waals surface area contributed by atoms with Gasteiger partial charge < -0.3 is 4.90 Å². The van der Waals surface area contributed by atoms with Gasteiger partial charge in [-0.2, -0.15) is 11.8 Å². The topological polar surface area (TPSA) is 37.4 Å². The molecule has 1 aliphatic carbocycles. The lowest BCUT2D eigenvalue weighted by Gasteiger charge is -2.22. The second-order valence-electron chi connectivity index (χ2n) is 4.28. The number of Topliss-reactive ketones (excluding diaryl/α,β-unsaturated/α-hetero) is 1. The molecule has 84 valence electrons. The number of hydrogen-bond acceptors (Lipinski definition) is 3. The predicted octanol–water partition coefficient (Wildman–Crippen LogP) is 1.46.